The minimum Gasteiger partial charge on any atom is -0.325 e. The lowest BCUT2D eigenvalue weighted by atomic mass is 10.1. The van der Waals surface area contributed by atoms with Crippen molar-refractivity contribution in [2.45, 2.75) is 25.5 Å². The van der Waals surface area contributed by atoms with Crippen LogP contribution in [-0.2, 0) is 14.4 Å². The minimum absolute atomic E-state index is 0.0323. The summed E-state index contributed by atoms with van der Waals surface area (Å²) >= 11 is 13.1. The van der Waals surface area contributed by atoms with Crippen molar-refractivity contribution in [1.29, 1.82) is 0 Å². The average Bonchev–Trinajstić information content (AvgIpc) is 2.89. The van der Waals surface area contributed by atoms with Crippen LogP contribution in [0.25, 0.3) is 0 Å². The van der Waals surface area contributed by atoms with Gasteiger partial charge in [-0.25, -0.2) is 4.90 Å². The lowest BCUT2D eigenvalue weighted by molar-refractivity contribution is -0.121. The smallest absolute Gasteiger partial charge is 0.247 e. The predicted octanol–water partition coefficient (Wildman–Crippen LogP) is 4.61. The lowest BCUT2D eigenvalue weighted by Gasteiger charge is -2.15. The van der Waals surface area contributed by atoms with Crippen molar-refractivity contribution in [3.8, 4) is 0 Å². The van der Waals surface area contributed by atoms with Crippen molar-refractivity contribution >= 4 is 64.1 Å². The Kier molecular flexibility index (Phi) is 6.33. The monoisotopic (exact) mass is 436 g/mol. The van der Waals surface area contributed by atoms with E-state index in [0.717, 1.165) is 27.8 Å². The van der Waals surface area contributed by atoms with E-state index < -0.39 is 5.25 Å². The van der Waals surface area contributed by atoms with Crippen LogP contribution in [0.4, 0.5) is 11.4 Å². The number of carbonyl (C=O) groups is 3. The van der Waals surface area contributed by atoms with E-state index in [0.29, 0.717) is 21.4 Å². The molecular formula is C20H18Cl2N2O3S. The van der Waals surface area contributed by atoms with Gasteiger partial charge in [0.15, 0.2) is 0 Å². The molecule has 1 saturated heterocycles. The van der Waals surface area contributed by atoms with E-state index in [9.17, 15) is 14.4 Å². The molecule has 0 aromatic heterocycles. The fourth-order valence-corrected chi connectivity index (χ4v) is 4.31. The van der Waals surface area contributed by atoms with Gasteiger partial charge in [-0.1, -0.05) is 29.3 Å². The van der Waals surface area contributed by atoms with Crippen LogP contribution in [0.2, 0.25) is 10.0 Å². The molecule has 1 N–H and O–H groups in total. The molecule has 1 aliphatic heterocycles. The van der Waals surface area contributed by atoms with Crippen LogP contribution in [0, 0.1) is 13.8 Å². The van der Waals surface area contributed by atoms with Gasteiger partial charge in [-0.15, -0.1) is 11.8 Å². The zero-order chi connectivity index (χ0) is 20.4. The topological polar surface area (TPSA) is 66.5 Å². The van der Waals surface area contributed by atoms with Crippen molar-refractivity contribution in [2.24, 2.45) is 0 Å². The van der Waals surface area contributed by atoms with Crippen molar-refractivity contribution in [3.05, 3.63) is 57.6 Å². The highest BCUT2D eigenvalue weighted by atomic mass is 35.5. The molecule has 28 heavy (non-hydrogen) atoms. The molecule has 1 atom stereocenters. The molecule has 1 aliphatic rings. The number of hydrogen-bond donors (Lipinski definition) is 1. The maximum Gasteiger partial charge on any atom is 0.247 e. The van der Waals surface area contributed by atoms with E-state index in [1.165, 1.54) is 18.2 Å². The number of imide groups is 1. The highest BCUT2D eigenvalue weighted by Crippen LogP contribution is 2.33. The number of rotatable bonds is 5. The van der Waals surface area contributed by atoms with Crippen LogP contribution in [0.3, 0.4) is 0 Å². The summed E-state index contributed by atoms with van der Waals surface area (Å²) in [6.07, 6.45) is 0.0323. The summed E-state index contributed by atoms with van der Waals surface area (Å²) in [5.41, 5.74) is 3.27. The van der Waals surface area contributed by atoms with E-state index in [1.807, 2.05) is 32.0 Å². The fourth-order valence-electron chi connectivity index (χ4n) is 2.87. The van der Waals surface area contributed by atoms with Gasteiger partial charge >= 0.3 is 0 Å². The van der Waals surface area contributed by atoms with Crippen LogP contribution in [0.1, 0.15) is 17.5 Å². The maximum atomic E-state index is 12.7. The second-order valence-electron chi connectivity index (χ2n) is 6.55. The number of hydrogen-bond acceptors (Lipinski definition) is 4. The highest BCUT2D eigenvalue weighted by Gasteiger charge is 2.40. The van der Waals surface area contributed by atoms with Gasteiger partial charge < -0.3 is 5.32 Å². The van der Waals surface area contributed by atoms with Gasteiger partial charge in [-0.3, -0.25) is 14.4 Å². The molecule has 0 saturated carbocycles. The third-order valence-electron chi connectivity index (χ3n) is 4.42. The Morgan fingerprint density at radius 2 is 1.79 bits per heavy atom. The van der Waals surface area contributed by atoms with Gasteiger partial charge in [0, 0.05) is 22.2 Å². The van der Waals surface area contributed by atoms with Gasteiger partial charge in [0.05, 0.1) is 16.7 Å². The van der Waals surface area contributed by atoms with Gasteiger partial charge in [-0.2, -0.15) is 0 Å². The quantitative estimate of drug-likeness (QED) is 0.694. The number of carbonyl (C=O) groups excluding carboxylic acids is 3. The molecule has 5 nitrogen and oxygen atoms in total. The van der Waals surface area contributed by atoms with Crippen LogP contribution >= 0.6 is 35.0 Å². The molecule has 1 fully saturated rings. The number of amides is 3. The second-order valence-corrected chi connectivity index (χ2v) is 8.61. The van der Waals surface area contributed by atoms with Crippen LogP contribution in [-0.4, -0.2) is 28.7 Å². The maximum absolute atomic E-state index is 12.7. The Labute approximate surface area is 177 Å². The number of anilines is 2. The second kappa shape index (κ2) is 8.55. The molecule has 2 aromatic carbocycles. The van der Waals surface area contributed by atoms with E-state index in [-0.39, 0.29) is 29.9 Å². The predicted molar refractivity (Wildman–Crippen MR) is 114 cm³/mol. The number of aryl methyl sites for hydroxylation is 2. The Bertz CT molecular complexity index is 944. The SMILES string of the molecule is Cc1ccc(NC(=O)CS[C@@H]2CC(=O)N(c3cc(Cl)cc(Cl)c3)C2=O)cc1C. The molecule has 3 rings (SSSR count). The van der Waals surface area contributed by atoms with Gasteiger partial charge in [0.1, 0.15) is 0 Å². The zero-order valence-electron chi connectivity index (χ0n) is 15.3. The lowest BCUT2D eigenvalue weighted by Crippen LogP contribution is -2.31. The van der Waals surface area contributed by atoms with Gasteiger partial charge in [-0.05, 0) is 55.3 Å². The fraction of sp³-hybridized carbons (Fsp3) is 0.250. The first kappa shape index (κ1) is 20.7. The summed E-state index contributed by atoms with van der Waals surface area (Å²) in [4.78, 5) is 38.3. The largest absolute Gasteiger partial charge is 0.325 e. The molecule has 1 heterocycles. The van der Waals surface area contributed by atoms with E-state index >= 15 is 0 Å². The van der Waals surface area contributed by atoms with Crippen molar-refractivity contribution in [2.75, 3.05) is 16.0 Å². The number of halogens is 2. The summed E-state index contributed by atoms with van der Waals surface area (Å²) in [7, 11) is 0. The Morgan fingerprint density at radius 1 is 1.11 bits per heavy atom. The van der Waals surface area contributed by atoms with Gasteiger partial charge in [0.25, 0.3) is 0 Å². The van der Waals surface area contributed by atoms with Crippen molar-refractivity contribution in [1.82, 2.24) is 0 Å². The zero-order valence-corrected chi connectivity index (χ0v) is 17.6. The van der Waals surface area contributed by atoms with Crippen LogP contribution in [0.15, 0.2) is 36.4 Å². The Balaban J connectivity index is 1.62. The average molecular weight is 437 g/mol. The molecule has 8 heteroatoms. The molecule has 0 unspecified atom stereocenters. The van der Waals surface area contributed by atoms with E-state index in [1.54, 1.807) is 0 Å². The molecule has 0 bridgehead atoms. The third kappa shape index (κ3) is 4.69. The number of nitrogens with zero attached hydrogens (tertiary/aromatic N) is 1. The van der Waals surface area contributed by atoms with Crippen LogP contribution in [0.5, 0.6) is 0 Å². The number of benzene rings is 2. The molecule has 0 aliphatic carbocycles. The Hall–Kier alpha value is -2.02. The molecular weight excluding hydrogens is 419 g/mol. The Morgan fingerprint density at radius 3 is 2.43 bits per heavy atom. The molecule has 0 radical (unpaired) electrons. The minimum atomic E-state index is -0.615. The summed E-state index contributed by atoms with van der Waals surface area (Å²) in [5, 5.41) is 2.88. The first-order valence-electron chi connectivity index (χ1n) is 8.56. The summed E-state index contributed by atoms with van der Waals surface area (Å²) in [6, 6.07) is 10.2. The van der Waals surface area contributed by atoms with E-state index in [2.05, 4.69) is 5.32 Å². The third-order valence-corrected chi connectivity index (χ3v) is 6.05. The molecule has 0 spiro atoms. The summed E-state index contributed by atoms with van der Waals surface area (Å²) < 4.78 is 0. The van der Waals surface area contributed by atoms with Crippen molar-refractivity contribution < 1.29 is 14.4 Å². The normalized spacial score (nSPS) is 16.6. The van der Waals surface area contributed by atoms with E-state index in [4.69, 9.17) is 23.2 Å². The number of nitrogens with one attached hydrogen (secondary N) is 1. The molecule has 146 valence electrons. The number of thioether (sulfide) groups is 1. The molecule has 3 amide bonds. The van der Waals surface area contributed by atoms with Crippen molar-refractivity contribution in [3.63, 3.8) is 0 Å². The standard InChI is InChI=1S/C20H18Cl2N2O3S/c1-11-3-4-15(5-12(11)2)23-18(25)10-28-17-9-19(26)24(20(17)27)16-7-13(21)6-14(22)8-16/h3-8,17H,9-10H2,1-2H3,(H,23,25)/t17-/m1/s1. The van der Waals surface area contributed by atoms with Gasteiger partial charge in [0.2, 0.25) is 17.7 Å². The summed E-state index contributed by atoms with van der Waals surface area (Å²) in [5.74, 6) is -0.860. The highest BCUT2D eigenvalue weighted by molar-refractivity contribution is 8.01. The first-order valence-corrected chi connectivity index (χ1v) is 10.4. The first-order chi connectivity index (χ1) is 13.2. The molecule has 2 aromatic rings. The van der Waals surface area contributed by atoms with Crippen LogP contribution < -0.4 is 10.2 Å². The summed E-state index contributed by atoms with van der Waals surface area (Å²) in [6.45, 7) is 3.97.